The highest BCUT2D eigenvalue weighted by Gasteiger charge is 2.44. The molecule has 0 bridgehead atoms. The first-order valence-corrected chi connectivity index (χ1v) is 6.21. The third-order valence-electron chi connectivity index (χ3n) is 3.25. The highest BCUT2D eigenvalue weighted by Crippen LogP contribution is 2.48. The van der Waals surface area contributed by atoms with Gasteiger partial charge in [-0.15, -0.1) is 0 Å². The Morgan fingerprint density at radius 3 is 2.82 bits per heavy atom. The van der Waals surface area contributed by atoms with Crippen LogP contribution in [0.3, 0.4) is 0 Å². The fourth-order valence-electron chi connectivity index (χ4n) is 2.03. The van der Waals surface area contributed by atoms with Crippen LogP contribution in [0.5, 0.6) is 0 Å². The van der Waals surface area contributed by atoms with Crippen LogP contribution in [0.25, 0.3) is 0 Å². The lowest BCUT2D eigenvalue weighted by atomic mass is 9.96. The molecule has 3 nitrogen and oxygen atoms in total. The molecule has 17 heavy (non-hydrogen) atoms. The fraction of sp³-hybridized carbons (Fsp3) is 0.462. The van der Waals surface area contributed by atoms with Crippen LogP contribution in [0, 0.1) is 0 Å². The number of nitrogens with one attached hydrogen (secondary N) is 2. The Labute approximate surface area is 107 Å². The van der Waals surface area contributed by atoms with E-state index in [1.165, 1.54) is 5.56 Å². The largest absolute Gasteiger partial charge is 0.354 e. The third-order valence-corrected chi connectivity index (χ3v) is 3.49. The van der Waals surface area contributed by atoms with Gasteiger partial charge in [0.15, 0.2) is 0 Å². The number of hydrogen-bond acceptors (Lipinski definition) is 2. The summed E-state index contributed by atoms with van der Waals surface area (Å²) in [5, 5.41) is 6.56. The lowest BCUT2D eigenvalue weighted by Crippen LogP contribution is -2.37. The van der Waals surface area contributed by atoms with E-state index < -0.39 is 0 Å². The van der Waals surface area contributed by atoms with Crippen LogP contribution < -0.4 is 10.6 Å². The van der Waals surface area contributed by atoms with Crippen LogP contribution in [-0.2, 0) is 10.2 Å². The fourth-order valence-corrected chi connectivity index (χ4v) is 2.22. The minimum Gasteiger partial charge on any atom is -0.354 e. The summed E-state index contributed by atoms with van der Waals surface area (Å²) in [5.74, 6) is 0.0424. The number of amides is 1. The number of halogens is 1. The first kappa shape index (κ1) is 12.4. The Hall–Kier alpha value is -1.06. The highest BCUT2D eigenvalue weighted by atomic mass is 35.5. The van der Waals surface area contributed by atoms with Gasteiger partial charge in [0.25, 0.3) is 0 Å². The molecule has 0 atom stereocenters. The van der Waals surface area contributed by atoms with Crippen LogP contribution in [0.4, 0.5) is 0 Å². The quantitative estimate of drug-likeness (QED) is 0.838. The Morgan fingerprint density at radius 2 is 2.24 bits per heavy atom. The molecule has 0 aromatic heterocycles. The molecule has 0 saturated heterocycles. The summed E-state index contributed by atoms with van der Waals surface area (Å²) in [6.45, 7) is 1.07. The van der Waals surface area contributed by atoms with Gasteiger partial charge in [0.1, 0.15) is 0 Å². The van der Waals surface area contributed by atoms with Gasteiger partial charge in [0.2, 0.25) is 5.91 Å². The van der Waals surface area contributed by atoms with Crippen molar-refractivity contribution in [1.29, 1.82) is 0 Å². The zero-order chi connectivity index (χ0) is 12.3. The minimum atomic E-state index is 0.0424. The lowest BCUT2D eigenvalue weighted by Gasteiger charge is -2.16. The molecule has 1 amide bonds. The van der Waals surface area contributed by atoms with E-state index in [2.05, 4.69) is 16.7 Å². The summed E-state index contributed by atoms with van der Waals surface area (Å²) in [5.41, 5.74) is 1.35. The van der Waals surface area contributed by atoms with Crippen molar-refractivity contribution in [3.63, 3.8) is 0 Å². The van der Waals surface area contributed by atoms with Crippen LogP contribution >= 0.6 is 11.6 Å². The number of carbonyl (C=O) groups excluding carboxylic acids is 1. The van der Waals surface area contributed by atoms with Crippen molar-refractivity contribution in [2.75, 3.05) is 20.1 Å². The summed E-state index contributed by atoms with van der Waals surface area (Å²) < 4.78 is 0. The van der Waals surface area contributed by atoms with E-state index in [1.54, 1.807) is 7.05 Å². The summed E-state index contributed by atoms with van der Waals surface area (Å²) in [4.78, 5) is 11.4. The van der Waals surface area contributed by atoms with Gasteiger partial charge in [0.05, 0.1) is 6.54 Å². The van der Waals surface area contributed by atoms with Crippen LogP contribution in [0.2, 0.25) is 5.02 Å². The predicted molar refractivity (Wildman–Crippen MR) is 69.3 cm³/mol. The molecule has 1 aromatic carbocycles. The summed E-state index contributed by atoms with van der Waals surface area (Å²) >= 11 is 5.99. The number of benzene rings is 1. The Balaban J connectivity index is 1.98. The second kappa shape index (κ2) is 5.07. The average Bonchev–Trinajstić information content (AvgIpc) is 3.08. The number of likely N-dealkylation sites (N-methyl/N-ethyl adjacent to an activating group) is 1. The second-order valence-corrected chi connectivity index (χ2v) is 5.03. The first-order chi connectivity index (χ1) is 8.16. The van der Waals surface area contributed by atoms with E-state index in [0.29, 0.717) is 13.1 Å². The van der Waals surface area contributed by atoms with Gasteiger partial charge in [-0.1, -0.05) is 23.7 Å². The van der Waals surface area contributed by atoms with Crippen molar-refractivity contribution in [3.05, 3.63) is 34.9 Å². The van der Waals surface area contributed by atoms with Crippen LogP contribution in [0.15, 0.2) is 24.3 Å². The average molecular weight is 253 g/mol. The lowest BCUT2D eigenvalue weighted by molar-refractivity contribution is -0.120. The van der Waals surface area contributed by atoms with Crippen molar-refractivity contribution < 1.29 is 4.79 Å². The van der Waals surface area contributed by atoms with E-state index in [0.717, 1.165) is 17.9 Å². The summed E-state index contributed by atoms with van der Waals surface area (Å²) in [7, 11) is 1.77. The van der Waals surface area contributed by atoms with E-state index in [-0.39, 0.29) is 11.3 Å². The van der Waals surface area contributed by atoms with Crippen molar-refractivity contribution in [2.24, 2.45) is 0 Å². The van der Waals surface area contributed by atoms with Gasteiger partial charge in [0, 0.05) is 17.0 Å². The molecule has 0 aliphatic heterocycles. The molecule has 1 aromatic rings. The SMILES string of the molecule is CNCC(=O)NCC1(c2cccc(Cl)c2)CC1. The maximum Gasteiger partial charge on any atom is 0.233 e. The van der Waals surface area contributed by atoms with Crippen molar-refractivity contribution >= 4 is 17.5 Å². The molecule has 1 saturated carbocycles. The molecule has 0 spiro atoms. The molecular weight excluding hydrogens is 236 g/mol. The topological polar surface area (TPSA) is 41.1 Å². The number of hydrogen-bond donors (Lipinski definition) is 2. The van der Waals surface area contributed by atoms with Gasteiger partial charge in [-0.2, -0.15) is 0 Å². The molecule has 2 N–H and O–H groups in total. The van der Waals surface area contributed by atoms with Crippen molar-refractivity contribution in [1.82, 2.24) is 10.6 Å². The molecule has 2 rings (SSSR count). The van der Waals surface area contributed by atoms with E-state index in [4.69, 9.17) is 11.6 Å². The molecular formula is C13H17ClN2O. The van der Waals surface area contributed by atoms with Crippen LogP contribution in [0.1, 0.15) is 18.4 Å². The maximum atomic E-state index is 11.4. The molecule has 1 aliphatic carbocycles. The molecule has 0 heterocycles. The molecule has 4 heteroatoms. The minimum absolute atomic E-state index is 0.0424. The molecule has 1 aliphatic rings. The Bertz CT molecular complexity index is 416. The highest BCUT2D eigenvalue weighted by molar-refractivity contribution is 6.30. The smallest absolute Gasteiger partial charge is 0.233 e. The first-order valence-electron chi connectivity index (χ1n) is 5.84. The van der Waals surface area contributed by atoms with Gasteiger partial charge < -0.3 is 10.6 Å². The zero-order valence-corrected chi connectivity index (χ0v) is 10.7. The monoisotopic (exact) mass is 252 g/mol. The van der Waals surface area contributed by atoms with Gasteiger partial charge in [-0.25, -0.2) is 0 Å². The number of carbonyl (C=O) groups is 1. The summed E-state index contributed by atoms with van der Waals surface area (Å²) in [6, 6.07) is 7.93. The van der Waals surface area contributed by atoms with Crippen molar-refractivity contribution in [3.8, 4) is 0 Å². The van der Waals surface area contributed by atoms with E-state index >= 15 is 0 Å². The van der Waals surface area contributed by atoms with Gasteiger partial charge in [-0.3, -0.25) is 4.79 Å². The molecule has 1 fully saturated rings. The predicted octanol–water partition coefficient (Wildman–Crippen LogP) is 1.71. The van der Waals surface area contributed by atoms with Gasteiger partial charge >= 0.3 is 0 Å². The van der Waals surface area contributed by atoms with Crippen LogP contribution in [-0.4, -0.2) is 26.0 Å². The zero-order valence-electron chi connectivity index (χ0n) is 9.92. The van der Waals surface area contributed by atoms with Crippen molar-refractivity contribution in [2.45, 2.75) is 18.3 Å². The molecule has 0 radical (unpaired) electrons. The third kappa shape index (κ3) is 2.99. The normalized spacial score (nSPS) is 16.6. The summed E-state index contributed by atoms with van der Waals surface area (Å²) in [6.07, 6.45) is 2.24. The Kier molecular flexibility index (Phi) is 3.69. The van der Waals surface area contributed by atoms with E-state index in [9.17, 15) is 4.79 Å². The second-order valence-electron chi connectivity index (χ2n) is 4.60. The number of rotatable bonds is 5. The maximum absolute atomic E-state index is 11.4. The van der Waals surface area contributed by atoms with Gasteiger partial charge in [-0.05, 0) is 37.6 Å². The standard InChI is InChI=1S/C13H17ClN2O/c1-15-8-12(17)16-9-13(5-6-13)10-3-2-4-11(14)7-10/h2-4,7,15H,5-6,8-9H2,1H3,(H,16,17). The molecule has 0 unspecified atom stereocenters. The Morgan fingerprint density at radius 1 is 1.47 bits per heavy atom. The molecule has 92 valence electrons. The van der Waals surface area contributed by atoms with E-state index in [1.807, 2.05) is 18.2 Å².